The number of hydrogen-bond donors (Lipinski definition) is 1. The molecule has 7 heteroatoms. The predicted molar refractivity (Wildman–Crippen MR) is 93.8 cm³/mol. The molecule has 0 atom stereocenters. The molecule has 1 aromatic heterocycles. The first-order valence-corrected chi connectivity index (χ1v) is 9.04. The van der Waals surface area contributed by atoms with Gasteiger partial charge in [-0.15, -0.1) is 11.3 Å². The average molecular weight is 367 g/mol. The monoisotopic (exact) mass is 366 g/mol. The summed E-state index contributed by atoms with van der Waals surface area (Å²) < 4.78 is 5.69. The van der Waals surface area contributed by atoms with Crippen molar-refractivity contribution in [3.63, 3.8) is 0 Å². The molecule has 1 saturated heterocycles. The molecule has 3 rings (SSSR count). The van der Waals surface area contributed by atoms with Gasteiger partial charge < -0.3 is 14.7 Å². The summed E-state index contributed by atoms with van der Waals surface area (Å²) in [5.74, 6) is 0.708. The topological polar surface area (TPSA) is 62.7 Å². The minimum atomic E-state index is -0.292. The zero-order chi connectivity index (χ0) is 17.1. The minimum absolute atomic E-state index is 0.00496. The van der Waals surface area contributed by atoms with E-state index in [1.165, 1.54) is 11.3 Å². The van der Waals surface area contributed by atoms with Gasteiger partial charge in [-0.2, -0.15) is 0 Å². The lowest BCUT2D eigenvalue weighted by molar-refractivity contribution is 0.0550. The van der Waals surface area contributed by atoms with Crippen LogP contribution in [0.15, 0.2) is 24.3 Å². The fourth-order valence-electron chi connectivity index (χ4n) is 2.60. The fourth-order valence-corrected chi connectivity index (χ4v) is 3.67. The van der Waals surface area contributed by atoms with Crippen LogP contribution in [0.1, 0.15) is 33.2 Å². The average Bonchev–Trinajstić information content (AvgIpc) is 2.95. The van der Waals surface area contributed by atoms with Crippen LogP contribution in [0.4, 0.5) is 0 Å². The number of carbonyl (C=O) groups is 1. The van der Waals surface area contributed by atoms with Crippen molar-refractivity contribution in [3.05, 3.63) is 44.9 Å². The second-order valence-electron chi connectivity index (χ2n) is 5.79. The first kappa shape index (κ1) is 17.2. The van der Waals surface area contributed by atoms with Gasteiger partial charge in [0.25, 0.3) is 5.91 Å². The van der Waals surface area contributed by atoms with Crippen molar-refractivity contribution in [1.29, 1.82) is 0 Å². The maximum Gasteiger partial charge on any atom is 0.265 e. The molecule has 0 radical (unpaired) electrons. The van der Waals surface area contributed by atoms with E-state index in [-0.39, 0.29) is 12.0 Å². The van der Waals surface area contributed by atoms with E-state index in [9.17, 15) is 9.90 Å². The Kier molecular flexibility index (Phi) is 5.38. The van der Waals surface area contributed by atoms with Crippen molar-refractivity contribution in [2.45, 2.75) is 32.5 Å². The van der Waals surface area contributed by atoms with Crippen LogP contribution in [-0.4, -0.2) is 40.1 Å². The van der Waals surface area contributed by atoms with Crippen molar-refractivity contribution in [2.24, 2.45) is 0 Å². The Morgan fingerprint density at radius 3 is 2.71 bits per heavy atom. The summed E-state index contributed by atoms with van der Waals surface area (Å²) in [5.41, 5.74) is 0.728. The number of amides is 1. The molecule has 0 spiro atoms. The van der Waals surface area contributed by atoms with Crippen molar-refractivity contribution in [3.8, 4) is 5.75 Å². The first-order chi connectivity index (χ1) is 11.5. The highest BCUT2D eigenvalue weighted by atomic mass is 35.5. The lowest BCUT2D eigenvalue weighted by atomic mass is 10.1. The zero-order valence-corrected chi connectivity index (χ0v) is 14.9. The van der Waals surface area contributed by atoms with E-state index in [0.29, 0.717) is 48.2 Å². The molecule has 1 aliphatic heterocycles. The van der Waals surface area contributed by atoms with Crippen LogP contribution >= 0.6 is 22.9 Å². The summed E-state index contributed by atoms with van der Waals surface area (Å²) in [4.78, 5) is 19.5. The molecule has 1 amide bonds. The highest BCUT2D eigenvalue weighted by Gasteiger charge is 2.25. The molecule has 1 N–H and O–H groups in total. The molecular weight excluding hydrogens is 348 g/mol. The number of aliphatic hydroxyl groups is 1. The van der Waals surface area contributed by atoms with E-state index < -0.39 is 0 Å². The number of piperidine rings is 1. The van der Waals surface area contributed by atoms with Gasteiger partial charge in [0.05, 0.1) is 11.8 Å². The lowest BCUT2D eigenvalue weighted by Gasteiger charge is -2.29. The summed E-state index contributed by atoms with van der Waals surface area (Å²) in [5, 5.41) is 11.0. The molecule has 128 valence electrons. The number of halogens is 1. The number of aliphatic hydroxyl groups excluding tert-OH is 1. The third-order valence-electron chi connectivity index (χ3n) is 3.96. The van der Waals surface area contributed by atoms with Crippen LogP contribution in [0.5, 0.6) is 5.75 Å². The van der Waals surface area contributed by atoms with E-state index in [1.54, 1.807) is 29.2 Å². The molecule has 2 aromatic rings. The number of likely N-dealkylation sites (tertiary alicyclic amines) is 1. The number of benzene rings is 1. The fraction of sp³-hybridized carbons (Fsp3) is 0.412. The summed E-state index contributed by atoms with van der Waals surface area (Å²) >= 11 is 7.22. The first-order valence-electron chi connectivity index (χ1n) is 7.85. The number of rotatable bonds is 4. The van der Waals surface area contributed by atoms with Crippen LogP contribution in [0.3, 0.4) is 0 Å². The van der Waals surface area contributed by atoms with E-state index in [0.717, 1.165) is 10.7 Å². The van der Waals surface area contributed by atoms with Crippen LogP contribution in [0.25, 0.3) is 0 Å². The Morgan fingerprint density at radius 1 is 1.38 bits per heavy atom. The van der Waals surface area contributed by atoms with Crippen LogP contribution < -0.4 is 4.74 Å². The van der Waals surface area contributed by atoms with Gasteiger partial charge in [-0.25, -0.2) is 4.98 Å². The molecular formula is C17H19ClN2O3S. The van der Waals surface area contributed by atoms with E-state index >= 15 is 0 Å². The van der Waals surface area contributed by atoms with Crippen molar-refractivity contribution < 1.29 is 14.6 Å². The van der Waals surface area contributed by atoms with Crippen LogP contribution in [0.2, 0.25) is 5.02 Å². The lowest BCUT2D eigenvalue weighted by Crippen LogP contribution is -2.39. The molecule has 0 bridgehead atoms. The highest BCUT2D eigenvalue weighted by Crippen LogP contribution is 2.24. The maximum atomic E-state index is 12.6. The number of aryl methyl sites for hydroxylation is 1. The summed E-state index contributed by atoms with van der Waals surface area (Å²) in [6.45, 7) is 3.34. The van der Waals surface area contributed by atoms with Crippen molar-refractivity contribution in [1.82, 2.24) is 9.88 Å². The number of hydrogen-bond acceptors (Lipinski definition) is 5. The Balaban J connectivity index is 1.64. The minimum Gasteiger partial charge on any atom is -0.486 e. The molecule has 0 aliphatic carbocycles. The van der Waals surface area contributed by atoms with Crippen LogP contribution in [0, 0.1) is 6.92 Å². The Bertz CT molecular complexity index is 709. The second kappa shape index (κ2) is 7.51. The van der Waals surface area contributed by atoms with Gasteiger partial charge in [0, 0.05) is 18.1 Å². The SMILES string of the molecule is Cc1nc(COc2ccc(Cl)cc2)sc1C(=O)N1CCC(O)CC1. The highest BCUT2D eigenvalue weighted by molar-refractivity contribution is 7.13. The van der Waals surface area contributed by atoms with E-state index in [4.69, 9.17) is 16.3 Å². The van der Waals surface area contributed by atoms with E-state index in [2.05, 4.69) is 4.98 Å². The maximum absolute atomic E-state index is 12.6. The Hall–Kier alpha value is -1.63. The molecule has 0 unspecified atom stereocenters. The quantitative estimate of drug-likeness (QED) is 0.901. The smallest absolute Gasteiger partial charge is 0.265 e. The molecule has 2 heterocycles. The summed E-state index contributed by atoms with van der Waals surface area (Å²) in [7, 11) is 0. The summed E-state index contributed by atoms with van der Waals surface area (Å²) in [6.07, 6.45) is 0.978. The predicted octanol–water partition coefficient (Wildman–Crippen LogP) is 3.28. The number of ether oxygens (including phenoxy) is 1. The Labute approximate surface area is 149 Å². The standard InChI is InChI=1S/C17H19ClN2O3S/c1-11-16(17(22)20-8-6-13(21)7-9-20)24-15(19-11)10-23-14-4-2-12(18)3-5-14/h2-5,13,21H,6-10H2,1H3. The van der Waals surface area contributed by atoms with Gasteiger partial charge in [-0.05, 0) is 44.0 Å². The van der Waals surface area contributed by atoms with Gasteiger partial charge in [-0.3, -0.25) is 4.79 Å². The number of aromatic nitrogens is 1. The van der Waals surface area contributed by atoms with Crippen molar-refractivity contribution in [2.75, 3.05) is 13.1 Å². The largest absolute Gasteiger partial charge is 0.486 e. The van der Waals surface area contributed by atoms with Gasteiger partial charge in [0.1, 0.15) is 22.2 Å². The number of carbonyl (C=O) groups excluding carboxylic acids is 1. The molecule has 1 aliphatic rings. The van der Waals surface area contributed by atoms with Gasteiger partial charge in [0.2, 0.25) is 0 Å². The normalized spacial score (nSPS) is 15.5. The Morgan fingerprint density at radius 2 is 2.04 bits per heavy atom. The van der Waals surface area contributed by atoms with Crippen molar-refractivity contribution >= 4 is 28.8 Å². The van der Waals surface area contributed by atoms with Crippen LogP contribution in [-0.2, 0) is 6.61 Å². The third-order valence-corrected chi connectivity index (χ3v) is 5.33. The van der Waals surface area contributed by atoms with Gasteiger partial charge in [0.15, 0.2) is 0 Å². The zero-order valence-electron chi connectivity index (χ0n) is 13.4. The van der Waals surface area contributed by atoms with Gasteiger partial charge in [-0.1, -0.05) is 11.6 Å². The molecule has 0 saturated carbocycles. The third kappa shape index (κ3) is 4.06. The summed E-state index contributed by atoms with van der Waals surface area (Å²) in [6, 6.07) is 7.13. The molecule has 24 heavy (non-hydrogen) atoms. The molecule has 1 fully saturated rings. The molecule has 1 aromatic carbocycles. The van der Waals surface area contributed by atoms with Gasteiger partial charge >= 0.3 is 0 Å². The number of nitrogens with zero attached hydrogens (tertiary/aromatic N) is 2. The number of thiazole rings is 1. The van der Waals surface area contributed by atoms with E-state index in [1.807, 2.05) is 6.92 Å². The second-order valence-corrected chi connectivity index (χ2v) is 7.31. The molecule has 5 nitrogen and oxygen atoms in total.